The van der Waals surface area contributed by atoms with Gasteiger partial charge < -0.3 is 5.32 Å². The van der Waals surface area contributed by atoms with E-state index in [-0.39, 0.29) is 17.9 Å². The van der Waals surface area contributed by atoms with E-state index in [1.54, 1.807) is 6.20 Å². The van der Waals surface area contributed by atoms with Crippen LogP contribution in [-0.2, 0) is 9.59 Å². The number of hydrogen-bond donors (Lipinski definition) is 2. The lowest BCUT2D eigenvalue weighted by molar-refractivity contribution is -0.133. The van der Waals surface area contributed by atoms with Crippen LogP contribution in [0, 0.1) is 0 Å². The SMILES string of the molecule is O=C1CCC(Nc2cccc(-c3ccccn3)c2)C(=O)N1. The van der Waals surface area contributed by atoms with Gasteiger partial charge in [0.2, 0.25) is 11.8 Å². The van der Waals surface area contributed by atoms with Gasteiger partial charge in [-0.15, -0.1) is 0 Å². The van der Waals surface area contributed by atoms with Crippen molar-refractivity contribution >= 4 is 17.5 Å². The number of nitrogens with zero attached hydrogens (tertiary/aromatic N) is 1. The minimum atomic E-state index is -0.373. The number of hydrogen-bond acceptors (Lipinski definition) is 4. The zero-order chi connectivity index (χ0) is 14.7. The number of anilines is 1. The summed E-state index contributed by atoms with van der Waals surface area (Å²) >= 11 is 0. The molecule has 0 radical (unpaired) electrons. The Hall–Kier alpha value is -2.69. The molecule has 106 valence electrons. The maximum absolute atomic E-state index is 11.8. The fourth-order valence-electron chi connectivity index (χ4n) is 2.33. The molecular weight excluding hydrogens is 266 g/mol. The standard InChI is InChI=1S/C16H15N3O2/c20-15-8-7-14(16(21)19-15)18-12-5-3-4-11(10-12)13-6-1-2-9-17-13/h1-6,9-10,14,18H,7-8H2,(H,19,20,21). The molecule has 0 bridgehead atoms. The van der Waals surface area contributed by atoms with E-state index >= 15 is 0 Å². The third-order valence-electron chi connectivity index (χ3n) is 3.40. The van der Waals surface area contributed by atoms with Crippen LogP contribution in [0.3, 0.4) is 0 Å². The summed E-state index contributed by atoms with van der Waals surface area (Å²) in [6.07, 6.45) is 2.62. The van der Waals surface area contributed by atoms with Gasteiger partial charge >= 0.3 is 0 Å². The van der Waals surface area contributed by atoms with Crippen LogP contribution in [0.5, 0.6) is 0 Å². The number of nitrogens with one attached hydrogen (secondary N) is 2. The maximum atomic E-state index is 11.8. The summed E-state index contributed by atoms with van der Waals surface area (Å²) in [5, 5.41) is 5.51. The lowest BCUT2D eigenvalue weighted by Crippen LogP contribution is -2.47. The van der Waals surface area contributed by atoms with Crippen LogP contribution < -0.4 is 10.6 Å². The molecule has 0 saturated carbocycles. The molecule has 5 heteroatoms. The number of pyridine rings is 1. The maximum Gasteiger partial charge on any atom is 0.249 e. The van der Waals surface area contributed by atoms with Crippen molar-refractivity contribution in [3.63, 3.8) is 0 Å². The molecule has 2 heterocycles. The van der Waals surface area contributed by atoms with E-state index in [4.69, 9.17) is 0 Å². The number of rotatable bonds is 3. The molecule has 1 aromatic heterocycles. The molecular formula is C16H15N3O2. The predicted octanol–water partition coefficient (Wildman–Crippen LogP) is 1.97. The first kappa shape index (κ1) is 13.3. The van der Waals surface area contributed by atoms with Crippen LogP contribution >= 0.6 is 0 Å². The Morgan fingerprint density at radius 1 is 1.14 bits per heavy atom. The monoisotopic (exact) mass is 281 g/mol. The van der Waals surface area contributed by atoms with Crippen molar-refractivity contribution in [3.8, 4) is 11.3 Å². The van der Waals surface area contributed by atoms with E-state index in [0.29, 0.717) is 12.8 Å². The van der Waals surface area contributed by atoms with Gasteiger partial charge in [0.05, 0.1) is 5.69 Å². The molecule has 21 heavy (non-hydrogen) atoms. The highest BCUT2D eigenvalue weighted by molar-refractivity contribution is 6.01. The zero-order valence-corrected chi connectivity index (χ0v) is 11.4. The summed E-state index contributed by atoms with van der Waals surface area (Å²) in [4.78, 5) is 27.2. The predicted molar refractivity (Wildman–Crippen MR) is 79.5 cm³/mol. The first-order chi connectivity index (χ1) is 10.2. The molecule has 3 rings (SSSR count). The molecule has 1 saturated heterocycles. The molecule has 2 aromatic rings. The topological polar surface area (TPSA) is 71.1 Å². The Morgan fingerprint density at radius 3 is 2.81 bits per heavy atom. The van der Waals surface area contributed by atoms with Gasteiger partial charge in [-0.2, -0.15) is 0 Å². The Labute approximate surface area is 122 Å². The van der Waals surface area contributed by atoms with Gasteiger partial charge in [0.25, 0.3) is 0 Å². The highest BCUT2D eigenvalue weighted by atomic mass is 16.2. The molecule has 5 nitrogen and oxygen atoms in total. The molecule has 1 aliphatic heterocycles. The van der Waals surface area contributed by atoms with E-state index in [2.05, 4.69) is 15.6 Å². The van der Waals surface area contributed by atoms with E-state index in [0.717, 1.165) is 16.9 Å². The quantitative estimate of drug-likeness (QED) is 0.844. The third-order valence-corrected chi connectivity index (χ3v) is 3.40. The molecule has 1 fully saturated rings. The lowest BCUT2D eigenvalue weighted by Gasteiger charge is -2.23. The number of imide groups is 1. The fraction of sp³-hybridized carbons (Fsp3) is 0.188. The van der Waals surface area contributed by atoms with Crippen LogP contribution in [-0.4, -0.2) is 22.8 Å². The first-order valence-corrected chi connectivity index (χ1v) is 6.84. The summed E-state index contributed by atoms with van der Waals surface area (Å²) < 4.78 is 0. The largest absolute Gasteiger partial charge is 0.374 e. The minimum Gasteiger partial charge on any atom is -0.374 e. The number of carbonyl (C=O) groups excluding carboxylic acids is 2. The van der Waals surface area contributed by atoms with E-state index < -0.39 is 0 Å². The highest BCUT2D eigenvalue weighted by Gasteiger charge is 2.26. The molecule has 2 amide bonds. The Bertz CT molecular complexity index is 670. The molecule has 1 unspecified atom stereocenters. The van der Waals surface area contributed by atoms with Crippen molar-refractivity contribution in [3.05, 3.63) is 48.7 Å². The van der Waals surface area contributed by atoms with Crippen LogP contribution in [0.2, 0.25) is 0 Å². The molecule has 0 spiro atoms. The second-order valence-corrected chi connectivity index (χ2v) is 4.94. The van der Waals surface area contributed by atoms with Gasteiger partial charge in [-0.05, 0) is 30.7 Å². The number of aromatic nitrogens is 1. The second-order valence-electron chi connectivity index (χ2n) is 4.94. The van der Waals surface area contributed by atoms with Crippen LogP contribution in [0.1, 0.15) is 12.8 Å². The number of carbonyl (C=O) groups is 2. The van der Waals surface area contributed by atoms with Crippen LogP contribution in [0.25, 0.3) is 11.3 Å². The van der Waals surface area contributed by atoms with E-state index in [9.17, 15) is 9.59 Å². The number of amides is 2. The van der Waals surface area contributed by atoms with Gasteiger partial charge in [-0.1, -0.05) is 18.2 Å². The number of benzene rings is 1. The van der Waals surface area contributed by atoms with Crippen molar-refractivity contribution < 1.29 is 9.59 Å². The summed E-state index contributed by atoms with van der Waals surface area (Å²) in [6.45, 7) is 0. The van der Waals surface area contributed by atoms with E-state index in [1.807, 2.05) is 42.5 Å². The average molecular weight is 281 g/mol. The molecule has 1 aliphatic rings. The van der Waals surface area contributed by atoms with Crippen molar-refractivity contribution in [1.29, 1.82) is 0 Å². The molecule has 1 atom stereocenters. The summed E-state index contributed by atoms with van der Waals surface area (Å²) in [5.74, 6) is -0.477. The number of piperidine rings is 1. The van der Waals surface area contributed by atoms with Gasteiger partial charge in [0.1, 0.15) is 6.04 Å². The van der Waals surface area contributed by atoms with Crippen molar-refractivity contribution in [2.75, 3.05) is 5.32 Å². The third kappa shape index (κ3) is 3.08. The Balaban J connectivity index is 1.78. The first-order valence-electron chi connectivity index (χ1n) is 6.84. The van der Waals surface area contributed by atoms with Crippen LogP contribution in [0.4, 0.5) is 5.69 Å². The average Bonchev–Trinajstić information content (AvgIpc) is 2.51. The van der Waals surface area contributed by atoms with Gasteiger partial charge in [-0.25, -0.2) is 0 Å². The lowest BCUT2D eigenvalue weighted by atomic mass is 10.0. The van der Waals surface area contributed by atoms with Gasteiger partial charge in [-0.3, -0.25) is 19.9 Å². The van der Waals surface area contributed by atoms with Crippen molar-refractivity contribution in [1.82, 2.24) is 10.3 Å². The fourth-order valence-corrected chi connectivity index (χ4v) is 2.33. The van der Waals surface area contributed by atoms with Gasteiger partial charge in [0, 0.05) is 23.9 Å². The molecule has 1 aromatic carbocycles. The summed E-state index contributed by atoms with van der Waals surface area (Å²) in [6, 6.07) is 13.1. The smallest absolute Gasteiger partial charge is 0.249 e. The summed E-state index contributed by atoms with van der Waals surface area (Å²) in [7, 11) is 0. The van der Waals surface area contributed by atoms with Crippen molar-refractivity contribution in [2.45, 2.75) is 18.9 Å². The molecule has 0 aliphatic carbocycles. The van der Waals surface area contributed by atoms with Gasteiger partial charge in [0.15, 0.2) is 0 Å². The minimum absolute atomic E-state index is 0.208. The Kier molecular flexibility index (Phi) is 3.64. The Morgan fingerprint density at radius 2 is 2.05 bits per heavy atom. The highest BCUT2D eigenvalue weighted by Crippen LogP contribution is 2.22. The normalized spacial score (nSPS) is 18.2. The van der Waals surface area contributed by atoms with Crippen molar-refractivity contribution in [2.24, 2.45) is 0 Å². The van der Waals surface area contributed by atoms with E-state index in [1.165, 1.54) is 0 Å². The zero-order valence-electron chi connectivity index (χ0n) is 11.4. The second kappa shape index (κ2) is 5.75. The van der Waals surface area contributed by atoms with Crippen LogP contribution in [0.15, 0.2) is 48.7 Å². The summed E-state index contributed by atoms with van der Waals surface area (Å²) in [5.41, 5.74) is 2.70. The molecule has 2 N–H and O–H groups in total.